The number of barbiturate groups is 1. The molecule has 3 rings (SSSR count). The predicted octanol–water partition coefficient (Wildman–Crippen LogP) is 2.62. The molecule has 178 valence electrons. The van der Waals surface area contributed by atoms with Gasteiger partial charge in [-0.05, 0) is 84.5 Å². The molecule has 2 aromatic rings. The van der Waals surface area contributed by atoms with Crippen LogP contribution in [-0.2, 0) is 14.4 Å². The van der Waals surface area contributed by atoms with Gasteiger partial charge in [-0.15, -0.1) is 0 Å². The molecule has 1 aliphatic heterocycles. The van der Waals surface area contributed by atoms with E-state index in [1.807, 2.05) is 29.5 Å². The molecule has 0 aromatic heterocycles. The first-order valence-corrected chi connectivity index (χ1v) is 11.3. The second-order valence-corrected chi connectivity index (χ2v) is 8.06. The highest BCUT2D eigenvalue weighted by molar-refractivity contribution is 14.1. The number of urea groups is 1. The fraction of sp³-hybridized carbons (Fsp3) is 0.217. The first kappa shape index (κ1) is 25.0. The van der Waals surface area contributed by atoms with Crippen molar-refractivity contribution >= 4 is 58.1 Å². The normalized spacial score (nSPS) is 14.7. The van der Waals surface area contributed by atoms with Gasteiger partial charge in [0.05, 0.1) is 22.5 Å². The Kier molecular flexibility index (Phi) is 8.10. The van der Waals surface area contributed by atoms with Crippen molar-refractivity contribution in [2.24, 2.45) is 5.73 Å². The number of carbonyl (C=O) groups is 4. The molecule has 0 unspecified atom stereocenters. The van der Waals surface area contributed by atoms with Crippen molar-refractivity contribution in [3.63, 3.8) is 0 Å². The summed E-state index contributed by atoms with van der Waals surface area (Å²) in [5.74, 6) is -1.04. The summed E-state index contributed by atoms with van der Waals surface area (Å²) in [7, 11) is 0. The zero-order chi connectivity index (χ0) is 24.8. The van der Waals surface area contributed by atoms with E-state index in [1.165, 1.54) is 6.08 Å². The Morgan fingerprint density at radius 2 is 1.74 bits per heavy atom. The summed E-state index contributed by atoms with van der Waals surface area (Å²) in [5.41, 5.74) is 5.66. The maximum atomic E-state index is 13.1. The van der Waals surface area contributed by atoms with Gasteiger partial charge in [-0.1, -0.05) is 0 Å². The zero-order valence-corrected chi connectivity index (χ0v) is 20.6. The van der Waals surface area contributed by atoms with Crippen LogP contribution < -0.4 is 30.2 Å². The Labute approximate surface area is 209 Å². The van der Waals surface area contributed by atoms with Gasteiger partial charge in [0.15, 0.2) is 18.1 Å². The molecule has 0 spiro atoms. The van der Waals surface area contributed by atoms with Crippen molar-refractivity contribution in [2.45, 2.75) is 13.8 Å². The number of nitrogens with zero attached hydrogens (tertiary/aromatic N) is 1. The molecule has 2 aromatic carbocycles. The maximum Gasteiger partial charge on any atom is 0.335 e. The van der Waals surface area contributed by atoms with Gasteiger partial charge in [0.1, 0.15) is 11.3 Å². The van der Waals surface area contributed by atoms with Gasteiger partial charge < -0.3 is 19.9 Å². The third kappa shape index (κ3) is 5.65. The molecule has 5 amide bonds. The number of ether oxygens (including phenoxy) is 3. The van der Waals surface area contributed by atoms with E-state index in [-0.39, 0.29) is 17.9 Å². The first-order chi connectivity index (χ1) is 16.2. The minimum atomic E-state index is -0.851. The average molecular weight is 579 g/mol. The molecule has 3 N–H and O–H groups in total. The van der Waals surface area contributed by atoms with Crippen LogP contribution in [0, 0.1) is 3.57 Å². The molecule has 0 aliphatic carbocycles. The van der Waals surface area contributed by atoms with Crippen molar-refractivity contribution in [1.82, 2.24) is 5.32 Å². The monoisotopic (exact) mass is 579 g/mol. The number of nitrogens with two attached hydrogens (primary N) is 1. The van der Waals surface area contributed by atoms with Crippen LogP contribution in [0.2, 0.25) is 0 Å². The molecule has 1 saturated heterocycles. The standard InChI is InChI=1S/C23H22IN3O7/c1-3-32-15-7-5-14(6-8-15)27-22(30)16(21(29)26-23(27)31)9-13-10-17(24)20(34-12-19(25)28)18(11-13)33-4-2/h5-11H,3-4,12H2,1-2H3,(H2,25,28)(H,26,29,31)/b16-9+. The molecule has 1 aliphatic rings. The van der Waals surface area contributed by atoms with Gasteiger partial charge in [0, 0.05) is 0 Å². The Morgan fingerprint density at radius 1 is 1.06 bits per heavy atom. The van der Waals surface area contributed by atoms with E-state index in [9.17, 15) is 19.2 Å². The van der Waals surface area contributed by atoms with Crippen LogP contribution >= 0.6 is 22.6 Å². The third-order valence-corrected chi connectivity index (χ3v) is 5.31. The molecular formula is C23H22IN3O7. The van der Waals surface area contributed by atoms with Gasteiger partial charge in [-0.25, -0.2) is 9.69 Å². The van der Waals surface area contributed by atoms with Gasteiger partial charge >= 0.3 is 6.03 Å². The summed E-state index contributed by atoms with van der Waals surface area (Å²) >= 11 is 1.98. The maximum absolute atomic E-state index is 13.1. The Morgan fingerprint density at radius 3 is 2.35 bits per heavy atom. The fourth-order valence-electron chi connectivity index (χ4n) is 3.13. The topological polar surface area (TPSA) is 137 Å². The van der Waals surface area contributed by atoms with E-state index in [0.29, 0.717) is 39.6 Å². The number of halogens is 1. The van der Waals surface area contributed by atoms with Crippen LogP contribution in [0.25, 0.3) is 6.08 Å². The molecular weight excluding hydrogens is 557 g/mol. The molecule has 1 fully saturated rings. The number of amides is 5. The number of carbonyl (C=O) groups excluding carboxylic acids is 4. The van der Waals surface area contributed by atoms with Gasteiger partial charge in [0.25, 0.3) is 17.7 Å². The van der Waals surface area contributed by atoms with E-state index in [2.05, 4.69) is 5.32 Å². The lowest BCUT2D eigenvalue weighted by molar-refractivity contribution is -0.123. The molecule has 0 saturated carbocycles. The Balaban J connectivity index is 1.97. The van der Waals surface area contributed by atoms with Crippen LogP contribution in [0.4, 0.5) is 10.5 Å². The fourth-order valence-corrected chi connectivity index (χ4v) is 3.92. The average Bonchev–Trinajstić information content (AvgIpc) is 2.77. The van der Waals surface area contributed by atoms with Gasteiger partial charge in [-0.2, -0.15) is 0 Å². The van der Waals surface area contributed by atoms with Crippen molar-refractivity contribution in [3.8, 4) is 17.2 Å². The number of anilines is 1. The lowest BCUT2D eigenvalue weighted by Crippen LogP contribution is -2.54. The summed E-state index contributed by atoms with van der Waals surface area (Å²) in [6, 6.07) is 8.71. The molecule has 34 heavy (non-hydrogen) atoms. The summed E-state index contributed by atoms with van der Waals surface area (Å²) < 4.78 is 17.0. The third-order valence-electron chi connectivity index (χ3n) is 4.51. The summed E-state index contributed by atoms with van der Waals surface area (Å²) in [5, 5.41) is 2.19. The number of nitrogens with one attached hydrogen (secondary N) is 1. The van der Waals surface area contributed by atoms with Crippen molar-refractivity contribution < 1.29 is 33.4 Å². The van der Waals surface area contributed by atoms with E-state index in [1.54, 1.807) is 43.3 Å². The van der Waals surface area contributed by atoms with Gasteiger partial charge in [0.2, 0.25) is 0 Å². The highest BCUT2D eigenvalue weighted by atomic mass is 127. The second kappa shape index (κ2) is 11.0. The highest BCUT2D eigenvalue weighted by Crippen LogP contribution is 2.35. The largest absolute Gasteiger partial charge is 0.494 e. The molecule has 1 heterocycles. The minimum absolute atomic E-state index is 0.238. The lowest BCUT2D eigenvalue weighted by Gasteiger charge is -2.26. The zero-order valence-electron chi connectivity index (χ0n) is 18.4. The predicted molar refractivity (Wildman–Crippen MR) is 132 cm³/mol. The molecule has 10 nitrogen and oxygen atoms in total. The molecule has 0 bridgehead atoms. The number of hydrogen-bond acceptors (Lipinski definition) is 7. The van der Waals surface area contributed by atoms with E-state index < -0.39 is 23.8 Å². The summed E-state index contributed by atoms with van der Waals surface area (Å²) in [6.07, 6.45) is 1.36. The molecule has 0 atom stereocenters. The van der Waals surface area contributed by atoms with Crippen molar-refractivity contribution in [3.05, 3.63) is 51.1 Å². The number of rotatable bonds is 9. The van der Waals surface area contributed by atoms with E-state index in [0.717, 1.165) is 4.90 Å². The lowest BCUT2D eigenvalue weighted by atomic mass is 10.1. The number of hydrogen-bond donors (Lipinski definition) is 2. The Bertz CT molecular complexity index is 1160. The van der Waals surface area contributed by atoms with Crippen LogP contribution in [0.15, 0.2) is 42.0 Å². The van der Waals surface area contributed by atoms with Crippen LogP contribution in [0.1, 0.15) is 19.4 Å². The number of benzene rings is 2. The minimum Gasteiger partial charge on any atom is -0.494 e. The quantitative estimate of drug-likeness (QED) is 0.265. The van der Waals surface area contributed by atoms with Crippen LogP contribution in [0.3, 0.4) is 0 Å². The van der Waals surface area contributed by atoms with E-state index >= 15 is 0 Å². The summed E-state index contributed by atoms with van der Waals surface area (Å²) in [6.45, 7) is 4.05. The van der Waals surface area contributed by atoms with Crippen LogP contribution in [0.5, 0.6) is 17.2 Å². The van der Waals surface area contributed by atoms with Crippen molar-refractivity contribution in [2.75, 3.05) is 24.7 Å². The smallest absolute Gasteiger partial charge is 0.335 e. The van der Waals surface area contributed by atoms with Gasteiger partial charge in [-0.3, -0.25) is 19.7 Å². The first-order valence-electron chi connectivity index (χ1n) is 10.3. The Hall–Kier alpha value is -3.61. The van der Waals surface area contributed by atoms with Crippen molar-refractivity contribution in [1.29, 1.82) is 0 Å². The number of imide groups is 2. The number of primary amides is 1. The second-order valence-electron chi connectivity index (χ2n) is 6.90. The van der Waals surface area contributed by atoms with Crippen LogP contribution in [-0.4, -0.2) is 43.6 Å². The molecule has 0 radical (unpaired) electrons. The highest BCUT2D eigenvalue weighted by Gasteiger charge is 2.37. The molecule has 11 heteroatoms. The van der Waals surface area contributed by atoms with E-state index in [4.69, 9.17) is 19.9 Å². The summed E-state index contributed by atoms with van der Waals surface area (Å²) in [4.78, 5) is 50.0. The SMILES string of the molecule is CCOc1ccc(N2C(=O)NC(=O)/C(=C\c3cc(I)c(OCC(N)=O)c(OCC)c3)C2=O)cc1.